The van der Waals surface area contributed by atoms with Gasteiger partial charge in [0.05, 0.1) is 13.0 Å². The van der Waals surface area contributed by atoms with Crippen molar-refractivity contribution in [2.45, 2.75) is 18.9 Å². The van der Waals surface area contributed by atoms with E-state index in [1.54, 1.807) is 54.8 Å². The Morgan fingerprint density at radius 3 is 3.04 bits per heavy atom. The number of amides is 2. The van der Waals surface area contributed by atoms with Crippen LogP contribution in [0.1, 0.15) is 23.5 Å². The molecule has 142 valence electrons. The summed E-state index contributed by atoms with van der Waals surface area (Å²) in [4.78, 5) is 33.4. The molecule has 0 radical (unpaired) electrons. The Morgan fingerprint density at radius 1 is 1.36 bits per heavy atom. The number of carbonyl (C=O) groups is 2. The van der Waals surface area contributed by atoms with E-state index in [0.717, 1.165) is 11.1 Å². The van der Waals surface area contributed by atoms with Gasteiger partial charge in [0.25, 0.3) is 0 Å². The fraction of sp³-hybridized carbons (Fsp3) is 0.200. The van der Waals surface area contributed by atoms with Crippen LogP contribution in [-0.4, -0.2) is 33.5 Å². The third-order valence-electron chi connectivity index (χ3n) is 4.68. The molecule has 0 saturated carbocycles. The SMILES string of the molecule is COc1ccc2c(c1)[C@@H](C(=O)NCc1cccnc1-n1ccnc1)CC(=O)N2. The summed E-state index contributed by atoms with van der Waals surface area (Å²) in [7, 11) is 1.57. The topological polar surface area (TPSA) is 98.1 Å². The summed E-state index contributed by atoms with van der Waals surface area (Å²) in [6, 6.07) is 9.01. The van der Waals surface area contributed by atoms with Crippen LogP contribution in [0.15, 0.2) is 55.2 Å². The first-order chi connectivity index (χ1) is 13.7. The van der Waals surface area contributed by atoms with Crippen molar-refractivity contribution in [1.29, 1.82) is 0 Å². The lowest BCUT2D eigenvalue weighted by Crippen LogP contribution is -2.35. The van der Waals surface area contributed by atoms with Crippen molar-refractivity contribution < 1.29 is 14.3 Å². The van der Waals surface area contributed by atoms with Crippen LogP contribution in [0.25, 0.3) is 5.82 Å². The van der Waals surface area contributed by atoms with Crippen LogP contribution in [0.3, 0.4) is 0 Å². The normalized spacial score (nSPS) is 15.5. The van der Waals surface area contributed by atoms with E-state index < -0.39 is 5.92 Å². The van der Waals surface area contributed by atoms with Crippen LogP contribution in [0.4, 0.5) is 5.69 Å². The van der Waals surface area contributed by atoms with Crippen molar-refractivity contribution >= 4 is 17.5 Å². The van der Waals surface area contributed by atoms with Gasteiger partial charge in [-0.25, -0.2) is 9.97 Å². The summed E-state index contributed by atoms with van der Waals surface area (Å²) in [5.74, 6) is 0.362. The first-order valence-electron chi connectivity index (χ1n) is 8.83. The highest BCUT2D eigenvalue weighted by atomic mass is 16.5. The Balaban J connectivity index is 1.55. The molecule has 3 heterocycles. The Kier molecular flexibility index (Phi) is 4.76. The first-order valence-corrected chi connectivity index (χ1v) is 8.83. The monoisotopic (exact) mass is 377 g/mol. The van der Waals surface area contributed by atoms with Gasteiger partial charge in [0.15, 0.2) is 0 Å². The predicted molar refractivity (Wildman–Crippen MR) is 102 cm³/mol. The summed E-state index contributed by atoms with van der Waals surface area (Å²) in [6.07, 6.45) is 6.90. The summed E-state index contributed by atoms with van der Waals surface area (Å²) < 4.78 is 7.05. The maximum absolute atomic E-state index is 12.9. The molecule has 0 bridgehead atoms. The van der Waals surface area contributed by atoms with Crippen LogP contribution in [0, 0.1) is 0 Å². The summed E-state index contributed by atoms with van der Waals surface area (Å²) in [5.41, 5.74) is 2.23. The number of aromatic nitrogens is 3. The molecule has 1 aliphatic heterocycles. The number of fused-ring (bicyclic) bond motifs is 1. The molecular weight excluding hydrogens is 358 g/mol. The van der Waals surface area contributed by atoms with Gasteiger partial charge in [-0.15, -0.1) is 0 Å². The number of hydrogen-bond donors (Lipinski definition) is 2. The third kappa shape index (κ3) is 3.44. The van der Waals surface area contributed by atoms with Crippen LogP contribution in [0.2, 0.25) is 0 Å². The maximum Gasteiger partial charge on any atom is 0.228 e. The molecular formula is C20H19N5O3. The zero-order chi connectivity index (χ0) is 19.5. The number of rotatable bonds is 5. The average Bonchev–Trinajstić information content (AvgIpc) is 3.26. The molecule has 0 saturated heterocycles. The van der Waals surface area contributed by atoms with Crippen molar-refractivity contribution in [3.05, 3.63) is 66.4 Å². The number of nitrogens with zero attached hydrogens (tertiary/aromatic N) is 3. The van der Waals surface area contributed by atoms with Crippen molar-refractivity contribution in [2.24, 2.45) is 0 Å². The molecule has 0 fully saturated rings. The molecule has 28 heavy (non-hydrogen) atoms. The number of carbonyl (C=O) groups excluding carboxylic acids is 2. The molecule has 1 aromatic carbocycles. The number of anilines is 1. The minimum absolute atomic E-state index is 0.0907. The highest BCUT2D eigenvalue weighted by molar-refractivity contribution is 6.01. The molecule has 2 amide bonds. The Hall–Kier alpha value is -3.68. The van der Waals surface area contributed by atoms with Gasteiger partial charge in [0, 0.05) is 42.8 Å². The summed E-state index contributed by atoms with van der Waals surface area (Å²) in [6.45, 7) is 0.289. The molecule has 0 unspecified atom stereocenters. The van der Waals surface area contributed by atoms with Gasteiger partial charge in [-0.3, -0.25) is 14.2 Å². The Bertz CT molecular complexity index is 1020. The number of benzene rings is 1. The molecule has 3 aromatic rings. The lowest BCUT2D eigenvalue weighted by atomic mass is 9.89. The van der Waals surface area contributed by atoms with Gasteiger partial charge in [-0.05, 0) is 29.8 Å². The Labute approximate surface area is 161 Å². The fourth-order valence-electron chi connectivity index (χ4n) is 3.29. The fourth-order valence-corrected chi connectivity index (χ4v) is 3.29. The molecule has 8 heteroatoms. The zero-order valence-corrected chi connectivity index (χ0v) is 15.3. The quantitative estimate of drug-likeness (QED) is 0.709. The van der Waals surface area contributed by atoms with Gasteiger partial charge in [0.1, 0.15) is 17.9 Å². The second-order valence-corrected chi connectivity index (χ2v) is 6.43. The molecule has 4 rings (SSSR count). The number of methoxy groups -OCH3 is 1. The van der Waals surface area contributed by atoms with Gasteiger partial charge in [-0.1, -0.05) is 6.07 Å². The van der Waals surface area contributed by atoms with E-state index >= 15 is 0 Å². The number of hydrogen-bond acceptors (Lipinski definition) is 5. The van der Waals surface area contributed by atoms with Gasteiger partial charge >= 0.3 is 0 Å². The second kappa shape index (κ2) is 7.51. The van der Waals surface area contributed by atoms with Crippen molar-refractivity contribution in [3.8, 4) is 11.6 Å². The zero-order valence-electron chi connectivity index (χ0n) is 15.3. The summed E-state index contributed by atoms with van der Waals surface area (Å²) >= 11 is 0. The van der Waals surface area contributed by atoms with Crippen LogP contribution in [-0.2, 0) is 16.1 Å². The van der Waals surface area contributed by atoms with E-state index in [1.807, 2.05) is 12.1 Å². The third-order valence-corrected chi connectivity index (χ3v) is 4.68. The van der Waals surface area contributed by atoms with Crippen LogP contribution in [0.5, 0.6) is 5.75 Å². The Morgan fingerprint density at radius 2 is 2.25 bits per heavy atom. The van der Waals surface area contributed by atoms with E-state index in [9.17, 15) is 9.59 Å². The highest BCUT2D eigenvalue weighted by Crippen LogP contribution is 2.35. The standard InChI is InChI=1S/C20H19N5O3/c1-28-14-4-5-17-15(9-14)16(10-18(26)24-17)20(27)23-11-13-3-2-6-22-19(13)25-8-7-21-12-25/h2-9,12,16H,10-11H2,1H3,(H,23,27)(H,24,26)/t16-/m0/s1. The van der Waals surface area contributed by atoms with Gasteiger partial charge in [-0.2, -0.15) is 0 Å². The molecule has 2 aromatic heterocycles. The molecule has 0 spiro atoms. The van der Waals surface area contributed by atoms with Crippen molar-refractivity contribution in [2.75, 3.05) is 12.4 Å². The molecule has 2 N–H and O–H groups in total. The van der Waals surface area contributed by atoms with E-state index in [4.69, 9.17) is 4.74 Å². The average molecular weight is 377 g/mol. The lowest BCUT2D eigenvalue weighted by Gasteiger charge is -2.25. The molecule has 8 nitrogen and oxygen atoms in total. The van der Waals surface area contributed by atoms with E-state index in [0.29, 0.717) is 17.3 Å². The number of imidazole rings is 1. The van der Waals surface area contributed by atoms with Gasteiger partial charge < -0.3 is 15.4 Å². The minimum atomic E-state index is -0.577. The molecule has 0 aliphatic carbocycles. The smallest absolute Gasteiger partial charge is 0.228 e. The second-order valence-electron chi connectivity index (χ2n) is 6.43. The summed E-state index contributed by atoms with van der Waals surface area (Å²) in [5, 5.41) is 5.74. The van der Waals surface area contributed by atoms with Crippen molar-refractivity contribution in [1.82, 2.24) is 19.9 Å². The maximum atomic E-state index is 12.9. The van der Waals surface area contributed by atoms with Crippen LogP contribution < -0.4 is 15.4 Å². The molecule has 1 atom stereocenters. The molecule has 1 aliphatic rings. The van der Waals surface area contributed by atoms with Crippen molar-refractivity contribution in [3.63, 3.8) is 0 Å². The van der Waals surface area contributed by atoms with E-state index in [-0.39, 0.29) is 24.8 Å². The number of nitrogens with one attached hydrogen (secondary N) is 2. The van der Waals surface area contributed by atoms with E-state index in [2.05, 4.69) is 20.6 Å². The highest BCUT2D eigenvalue weighted by Gasteiger charge is 2.31. The number of pyridine rings is 1. The van der Waals surface area contributed by atoms with Crippen LogP contribution >= 0.6 is 0 Å². The van der Waals surface area contributed by atoms with E-state index in [1.165, 1.54) is 0 Å². The number of ether oxygens (including phenoxy) is 1. The largest absolute Gasteiger partial charge is 0.497 e. The lowest BCUT2D eigenvalue weighted by molar-refractivity contribution is -0.126. The first kappa shape index (κ1) is 17.7. The predicted octanol–water partition coefficient (Wildman–Crippen LogP) is 2.02. The van der Waals surface area contributed by atoms with Gasteiger partial charge in [0.2, 0.25) is 11.8 Å². The minimum Gasteiger partial charge on any atom is -0.497 e.